The smallest absolute Gasteiger partial charge is 0.336 e. The summed E-state index contributed by atoms with van der Waals surface area (Å²) >= 11 is 6.18. The SMILES string of the molecule is CC.CC=O.CNc1ccc(-c2cc(C(=O)O)c3cccc(Cl)c3n2)cc1. The van der Waals surface area contributed by atoms with E-state index >= 15 is 0 Å². The van der Waals surface area contributed by atoms with Crippen LogP contribution in [0.4, 0.5) is 5.69 Å². The summed E-state index contributed by atoms with van der Waals surface area (Å²) in [5, 5.41) is 13.5. The summed E-state index contributed by atoms with van der Waals surface area (Å²) < 4.78 is 0. The van der Waals surface area contributed by atoms with Crippen LogP contribution < -0.4 is 5.32 Å². The molecule has 142 valence electrons. The third-order valence-corrected chi connectivity index (χ3v) is 3.80. The van der Waals surface area contributed by atoms with E-state index in [1.807, 2.05) is 45.2 Å². The maximum Gasteiger partial charge on any atom is 0.336 e. The van der Waals surface area contributed by atoms with Crippen molar-refractivity contribution in [1.82, 2.24) is 4.98 Å². The number of para-hydroxylation sites is 1. The van der Waals surface area contributed by atoms with E-state index in [1.165, 1.54) is 6.92 Å². The highest BCUT2D eigenvalue weighted by atomic mass is 35.5. The van der Waals surface area contributed by atoms with Gasteiger partial charge in [0.05, 0.1) is 21.8 Å². The molecule has 0 unspecified atom stereocenters. The minimum Gasteiger partial charge on any atom is -0.478 e. The molecule has 0 radical (unpaired) electrons. The number of benzene rings is 2. The summed E-state index contributed by atoms with van der Waals surface area (Å²) in [6, 6.07) is 14.3. The van der Waals surface area contributed by atoms with Crippen LogP contribution in [0.2, 0.25) is 5.02 Å². The van der Waals surface area contributed by atoms with Crippen molar-refractivity contribution >= 4 is 40.4 Å². The lowest BCUT2D eigenvalue weighted by Gasteiger charge is -2.09. The van der Waals surface area contributed by atoms with Gasteiger partial charge in [-0.2, -0.15) is 0 Å². The van der Waals surface area contributed by atoms with Gasteiger partial charge >= 0.3 is 5.97 Å². The van der Waals surface area contributed by atoms with E-state index in [-0.39, 0.29) is 5.56 Å². The van der Waals surface area contributed by atoms with Crippen LogP contribution in [0.5, 0.6) is 0 Å². The molecule has 1 heterocycles. The van der Waals surface area contributed by atoms with Crippen LogP contribution in [0.15, 0.2) is 48.5 Å². The molecule has 5 nitrogen and oxygen atoms in total. The molecule has 3 rings (SSSR count). The molecule has 2 aromatic carbocycles. The van der Waals surface area contributed by atoms with Crippen LogP contribution in [0.1, 0.15) is 31.1 Å². The number of aldehydes is 1. The molecule has 0 atom stereocenters. The van der Waals surface area contributed by atoms with E-state index in [2.05, 4.69) is 10.3 Å². The van der Waals surface area contributed by atoms with Crippen LogP contribution in [-0.4, -0.2) is 29.4 Å². The number of nitrogens with zero attached hydrogens (tertiary/aromatic N) is 1. The van der Waals surface area contributed by atoms with Gasteiger partial charge in [0, 0.05) is 23.7 Å². The fourth-order valence-electron chi connectivity index (χ4n) is 2.35. The Morgan fingerprint density at radius 1 is 1.15 bits per heavy atom. The van der Waals surface area contributed by atoms with Gasteiger partial charge in [-0.1, -0.05) is 49.7 Å². The van der Waals surface area contributed by atoms with Crippen molar-refractivity contribution in [2.24, 2.45) is 0 Å². The normalized spacial score (nSPS) is 9.37. The Labute approximate surface area is 164 Å². The van der Waals surface area contributed by atoms with Crippen molar-refractivity contribution in [3.63, 3.8) is 0 Å². The highest BCUT2D eigenvalue weighted by Crippen LogP contribution is 2.29. The molecular formula is C21H23ClN2O3. The molecular weight excluding hydrogens is 364 g/mol. The first-order chi connectivity index (χ1) is 13.0. The zero-order valence-corrected chi connectivity index (χ0v) is 16.5. The number of rotatable bonds is 3. The van der Waals surface area contributed by atoms with E-state index in [0.29, 0.717) is 21.6 Å². The van der Waals surface area contributed by atoms with Gasteiger partial charge < -0.3 is 15.2 Å². The average molecular weight is 387 g/mol. The Morgan fingerprint density at radius 2 is 1.74 bits per heavy atom. The van der Waals surface area contributed by atoms with Gasteiger partial charge in [-0.25, -0.2) is 9.78 Å². The first kappa shape index (κ1) is 22.1. The monoisotopic (exact) mass is 386 g/mol. The van der Waals surface area contributed by atoms with E-state index < -0.39 is 5.97 Å². The molecule has 0 amide bonds. The van der Waals surface area contributed by atoms with Gasteiger partial charge in [0.2, 0.25) is 0 Å². The van der Waals surface area contributed by atoms with Crippen LogP contribution in [0.25, 0.3) is 22.2 Å². The van der Waals surface area contributed by atoms with Gasteiger partial charge in [0.25, 0.3) is 0 Å². The molecule has 0 spiro atoms. The second-order valence-electron chi connectivity index (χ2n) is 5.06. The number of pyridine rings is 1. The second kappa shape index (κ2) is 10.9. The Balaban J connectivity index is 0.000000665. The van der Waals surface area contributed by atoms with Crippen LogP contribution in [0, 0.1) is 0 Å². The van der Waals surface area contributed by atoms with Gasteiger partial charge in [-0.15, -0.1) is 0 Å². The number of carbonyl (C=O) groups is 2. The number of fused-ring (bicyclic) bond motifs is 1. The van der Waals surface area contributed by atoms with Crippen molar-refractivity contribution < 1.29 is 14.7 Å². The maximum atomic E-state index is 11.5. The summed E-state index contributed by atoms with van der Waals surface area (Å²) in [5.74, 6) is -0.997. The minimum atomic E-state index is -0.997. The summed E-state index contributed by atoms with van der Waals surface area (Å²) in [5.41, 5.74) is 3.09. The number of aromatic nitrogens is 1. The molecule has 0 bridgehead atoms. The number of nitrogens with one attached hydrogen (secondary N) is 1. The Kier molecular flexibility index (Phi) is 8.96. The van der Waals surface area contributed by atoms with Crippen molar-refractivity contribution in [2.75, 3.05) is 12.4 Å². The lowest BCUT2D eigenvalue weighted by Crippen LogP contribution is -2.00. The average Bonchev–Trinajstić information content (AvgIpc) is 2.70. The first-order valence-corrected chi connectivity index (χ1v) is 8.90. The summed E-state index contributed by atoms with van der Waals surface area (Å²) in [6.45, 7) is 5.44. The molecule has 0 saturated carbocycles. The number of hydrogen-bond acceptors (Lipinski definition) is 4. The summed E-state index contributed by atoms with van der Waals surface area (Å²) in [6.07, 6.45) is 0.750. The highest BCUT2D eigenvalue weighted by molar-refractivity contribution is 6.35. The highest BCUT2D eigenvalue weighted by Gasteiger charge is 2.14. The molecule has 1 aromatic heterocycles. The number of carboxylic acid groups (broad SMARTS) is 1. The lowest BCUT2D eigenvalue weighted by molar-refractivity contribution is -0.106. The summed E-state index contributed by atoms with van der Waals surface area (Å²) in [7, 11) is 1.84. The predicted octanol–water partition coefficient (Wildman–Crippen LogP) is 5.53. The quantitative estimate of drug-likeness (QED) is 0.579. The number of aromatic carboxylic acids is 1. The lowest BCUT2D eigenvalue weighted by atomic mass is 10.0. The van der Waals surface area contributed by atoms with Gasteiger partial charge in [0.1, 0.15) is 6.29 Å². The fourth-order valence-corrected chi connectivity index (χ4v) is 2.56. The Morgan fingerprint density at radius 3 is 2.26 bits per heavy atom. The third-order valence-electron chi connectivity index (χ3n) is 3.49. The van der Waals surface area contributed by atoms with Crippen LogP contribution in [0.3, 0.4) is 0 Å². The Bertz CT molecular complexity index is 909. The Hall–Kier alpha value is -2.92. The second-order valence-corrected chi connectivity index (χ2v) is 5.47. The molecule has 27 heavy (non-hydrogen) atoms. The minimum absolute atomic E-state index is 0.195. The van der Waals surface area contributed by atoms with E-state index in [9.17, 15) is 9.90 Å². The molecule has 0 fully saturated rings. The van der Waals surface area contributed by atoms with Crippen molar-refractivity contribution in [3.05, 3.63) is 59.1 Å². The predicted molar refractivity (Wildman–Crippen MR) is 112 cm³/mol. The van der Waals surface area contributed by atoms with Gasteiger partial charge in [0.15, 0.2) is 0 Å². The maximum absolute atomic E-state index is 11.5. The number of carbonyl (C=O) groups excluding carboxylic acids is 1. The van der Waals surface area contributed by atoms with E-state index in [1.54, 1.807) is 24.3 Å². The van der Waals surface area contributed by atoms with Crippen molar-refractivity contribution in [2.45, 2.75) is 20.8 Å². The fraction of sp³-hybridized carbons (Fsp3) is 0.190. The zero-order valence-electron chi connectivity index (χ0n) is 15.8. The largest absolute Gasteiger partial charge is 0.478 e. The van der Waals surface area contributed by atoms with Crippen LogP contribution >= 0.6 is 11.6 Å². The van der Waals surface area contributed by atoms with Crippen molar-refractivity contribution in [1.29, 1.82) is 0 Å². The topological polar surface area (TPSA) is 79.3 Å². The van der Waals surface area contributed by atoms with E-state index in [0.717, 1.165) is 17.5 Å². The molecule has 0 saturated heterocycles. The molecule has 6 heteroatoms. The third kappa shape index (κ3) is 5.53. The number of anilines is 1. The molecule has 0 aliphatic heterocycles. The van der Waals surface area contributed by atoms with E-state index in [4.69, 9.17) is 16.4 Å². The zero-order chi connectivity index (χ0) is 20.4. The standard InChI is InChI=1S/C17H13ClN2O2.C2H4O.C2H6/c1-19-11-7-5-10(6-8-11)15-9-13(17(21)22)12-3-2-4-14(18)16(12)20-15;1-2-3;1-2/h2-9,19H,1H3,(H,21,22);2H,1H3;1-2H3. The number of hydrogen-bond donors (Lipinski definition) is 2. The number of halogens is 1. The van der Waals surface area contributed by atoms with Gasteiger partial charge in [-0.05, 0) is 31.2 Å². The molecule has 0 aliphatic carbocycles. The number of carboxylic acids is 1. The molecule has 0 aliphatic rings. The summed E-state index contributed by atoms with van der Waals surface area (Å²) in [4.78, 5) is 24.9. The molecule has 3 aromatic rings. The molecule has 2 N–H and O–H groups in total. The first-order valence-electron chi connectivity index (χ1n) is 8.52. The van der Waals surface area contributed by atoms with Crippen LogP contribution in [-0.2, 0) is 4.79 Å². The van der Waals surface area contributed by atoms with Crippen molar-refractivity contribution in [3.8, 4) is 11.3 Å². The van der Waals surface area contributed by atoms with Gasteiger partial charge in [-0.3, -0.25) is 0 Å².